The van der Waals surface area contributed by atoms with Gasteiger partial charge in [-0.2, -0.15) is 0 Å². The summed E-state index contributed by atoms with van der Waals surface area (Å²) in [4.78, 5) is 30.3. The van der Waals surface area contributed by atoms with Gasteiger partial charge in [0.1, 0.15) is 0 Å². The lowest BCUT2D eigenvalue weighted by atomic mass is 10.0. The van der Waals surface area contributed by atoms with E-state index in [4.69, 9.17) is 4.52 Å². The molecule has 1 saturated heterocycles. The smallest absolute Gasteiger partial charge is 0.323 e. The lowest BCUT2D eigenvalue weighted by Crippen LogP contribution is -2.40. The van der Waals surface area contributed by atoms with E-state index in [2.05, 4.69) is 13.0 Å². The van der Waals surface area contributed by atoms with Crippen molar-refractivity contribution in [3.05, 3.63) is 11.6 Å². The van der Waals surface area contributed by atoms with Crippen LogP contribution in [-0.4, -0.2) is 44.8 Å². The van der Waals surface area contributed by atoms with E-state index in [-0.39, 0.29) is 6.61 Å². The van der Waals surface area contributed by atoms with Crippen LogP contribution in [0.25, 0.3) is 0 Å². The third-order valence-corrected chi connectivity index (χ3v) is 8.16. The summed E-state index contributed by atoms with van der Waals surface area (Å²) in [5.41, 5.74) is -0.511. The molecule has 0 radical (unpaired) electrons. The van der Waals surface area contributed by atoms with Crippen molar-refractivity contribution >= 4 is 15.2 Å². The zero-order valence-corrected chi connectivity index (χ0v) is 15.7. The number of rotatable bonds is 9. The van der Waals surface area contributed by atoms with Crippen molar-refractivity contribution in [2.24, 2.45) is 0 Å². The average Bonchev–Trinajstić information content (AvgIpc) is 2.43. The third kappa shape index (κ3) is 6.79. The predicted molar refractivity (Wildman–Crippen MR) is 90.3 cm³/mol. The van der Waals surface area contributed by atoms with Gasteiger partial charge in [0.05, 0.1) is 6.61 Å². The highest BCUT2D eigenvalue weighted by Crippen LogP contribution is 2.64. The second-order valence-electron chi connectivity index (χ2n) is 5.81. The minimum Gasteiger partial charge on any atom is -0.323 e. The molecule has 0 aromatic carbocycles. The Morgan fingerprint density at radius 1 is 1.17 bits per heavy atom. The fraction of sp³-hybridized carbons (Fsp3) is 0.857. The second-order valence-corrected chi connectivity index (χ2v) is 9.76. The molecule has 0 aromatic rings. The van der Waals surface area contributed by atoms with E-state index in [9.17, 15) is 23.8 Å². The quantitative estimate of drug-likeness (QED) is 0.325. The molecule has 1 fully saturated rings. The first-order chi connectivity index (χ1) is 10.7. The molecular weight excluding hydrogens is 340 g/mol. The van der Waals surface area contributed by atoms with E-state index in [0.717, 1.165) is 12.8 Å². The van der Waals surface area contributed by atoms with Gasteiger partial charge in [0.2, 0.25) is 5.52 Å². The Hall–Kier alpha value is -0.0000000000000000416. The van der Waals surface area contributed by atoms with E-state index in [1.807, 2.05) is 0 Å². The van der Waals surface area contributed by atoms with Gasteiger partial charge < -0.3 is 19.2 Å². The van der Waals surface area contributed by atoms with Gasteiger partial charge >= 0.3 is 15.2 Å². The minimum atomic E-state index is -4.78. The molecule has 3 N–H and O–H groups in total. The minimum absolute atomic E-state index is 0.0688. The van der Waals surface area contributed by atoms with Crippen LogP contribution >= 0.6 is 15.2 Å². The van der Waals surface area contributed by atoms with E-state index >= 15 is 0 Å². The monoisotopic (exact) mass is 369 g/mol. The van der Waals surface area contributed by atoms with Crippen LogP contribution in [-0.2, 0) is 13.7 Å². The summed E-state index contributed by atoms with van der Waals surface area (Å²) in [5.74, 6) is 0. The predicted octanol–water partition coefficient (Wildman–Crippen LogP) is 3.27. The van der Waals surface area contributed by atoms with Crippen molar-refractivity contribution in [2.75, 3.05) is 19.7 Å². The largest absolute Gasteiger partial charge is 0.357 e. The van der Waals surface area contributed by atoms with Crippen molar-refractivity contribution < 1.29 is 28.3 Å². The molecule has 0 spiro atoms. The highest BCUT2D eigenvalue weighted by Gasteiger charge is 2.49. The van der Waals surface area contributed by atoms with Crippen LogP contribution in [0.2, 0.25) is 0 Å². The Kier molecular flexibility index (Phi) is 8.67. The summed E-state index contributed by atoms with van der Waals surface area (Å²) in [5, 5.41) is 0. The molecule has 1 aliphatic heterocycles. The van der Waals surface area contributed by atoms with Gasteiger partial charge in [0.15, 0.2) is 0 Å². The van der Waals surface area contributed by atoms with Crippen molar-refractivity contribution in [1.29, 1.82) is 0 Å². The lowest BCUT2D eigenvalue weighted by Gasteiger charge is -2.36. The Morgan fingerprint density at radius 3 is 2.26 bits per heavy atom. The number of allylic oxidation sites excluding steroid dienone is 1. The number of unbranched alkanes of at least 4 members (excludes halogenated alkanes) is 3. The van der Waals surface area contributed by atoms with Crippen LogP contribution in [0.5, 0.6) is 0 Å². The Balaban J connectivity index is 2.71. The fourth-order valence-electron chi connectivity index (χ4n) is 2.81. The third-order valence-electron chi connectivity index (χ3n) is 3.91. The van der Waals surface area contributed by atoms with Gasteiger partial charge in [-0.3, -0.25) is 14.0 Å². The maximum atomic E-state index is 12.2. The Morgan fingerprint density at radius 2 is 1.78 bits per heavy atom. The molecule has 0 amide bonds. The molecule has 9 heteroatoms. The zero-order valence-electron chi connectivity index (χ0n) is 13.9. The molecule has 2 atom stereocenters. The average molecular weight is 369 g/mol. The lowest BCUT2D eigenvalue weighted by molar-refractivity contribution is 0.193. The summed E-state index contributed by atoms with van der Waals surface area (Å²) in [6.07, 6.45) is 8.04. The highest BCUT2D eigenvalue weighted by atomic mass is 31.2. The van der Waals surface area contributed by atoms with E-state index in [1.165, 1.54) is 30.2 Å². The molecule has 0 bridgehead atoms. The van der Waals surface area contributed by atoms with Crippen molar-refractivity contribution in [1.82, 2.24) is 4.90 Å². The van der Waals surface area contributed by atoms with Crippen LogP contribution in [0, 0.1) is 0 Å². The van der Waals surface area contributed by atoms with Crippen molar-refractivity contribution in [2.45, 2.75) is 57.9 Å². The van der Waals surface area contributed by atoms with Gasteiger partial charge in [-0.25, -0.2) is 0 Å². The second kappa shape index (κ2) is 9.47. The standard InChI is InChI=1S/C14H29NO6P2/c1-3-5-6-7-8-13-9-11-15(12-10-13)14(22(16,17)18)23(19,20)21-4-2/h8,14H,3-7,9-12H2,1-2H3,(H,19,20)(H2,16,17,18). The van der Waals surface area contributed by atoms with E-state index < -0.39 is 20.7 Å². The number of hydrogen-bond acceptors (Lipinski definition) is 4. The van der Waals surface area contributed by atoms with Gasteiger partial charge in [-0.1, -0.05) is 31.4 Å². The first-order valence-corrected chi connectivity index (χ1v) is 11.5. The number of hydrogen-bond donors (Lipinski definition) is 3. The molecule has 23 heavy (non-hydrogen) atoms. The molecule has 0 aliphatic carbocycles. The summed E-state index contributed by atoms with van der Waals surface area (Å²) in [6, 6.07) is 0. The molecule has 0 aromatic heterocycles. The fourth-order valence-corrected chi connectivity index (χ4v) is 6.33. The van der Waals surface area contributed by atoms with Crippen molar-refractivity contribution in [3.63, 3.8) is 0 Å². The molecule has 1 aliphatic rings. The number of likely N-dealkylation sites (tertiary alicyclic amines) is 1. The topological polar surface area (TPSA) is 107 Å². The normalized spacial score (nSPS) is 21.0. The van der Waals surface area contributed by atoms with Crippen LogP contribution in [0.4, 0.5) is 0 Å². The first-order valence-electron chi connectivity index (χ1n) is 8.16. The summed E-state index contributed by atoms with van der Waals surface area (Å²) >= 11 is 0. The molecule has 136 valence electrons. The highest BCUT2D eigenvalue weighted by molar-refractivity contribution is 7.71. The van der Waals surface area contributed by atoms with Gasteiger partial charge in [0, 0.05) is 13.1 Å². The molecule has 7 nitrogen and oxygen atoms in total. The SMILES string of the molecule is CCCCCC=C1CCN(C(P(=O)(O)O)P(=O)(O)OCC)CC1. The van der Waals surface area contributed by atoms with Gasteiger partial charge in [-0.15, -0.1) is 0 Å². The van der Waals surface area contributed by atoms with Crippen LogP contribution < -0.4 is 0 Å². The zero-order chi connectivity index (χ0) is 17.5. The summed E-state index contributed by atoms with van der Waals surface area (Å²) in [7, 11) is -9.18. The van der Waals surface area contributed by atoms with Crippen LogP contribution in [0.15, 0.2) is 11.6 Å². The number of piperidine rings is 1. The van der Waals surface area contributed by atoms with Gasteiger partial charge in [0.25, 0.3) is 0 Å². The maximum Gasteiger partial charge on any atom is 0.357 e. The van der Waals surface area contributed by atoms with Crippen LogP contribution in [0.3, 0.4) is 0 Å². The van der Waals surface area contributed by atoms with Gasteiger partial charge in [-0.05, 0) is 32.6 Å². The molecule has 1 heterocycles. The number of nitrogens with zero attached hydrogens (tertiary/aromatic N) is 1. The molecular formula is C14H29NO6P2. The molecule has 2 unspecified atom stereocenters. The van der Waals surface area contributed by atoms with E-state index in [0.29, 0.717) is 25.9 Å². The summed E-state index contributed by atoms with van der Waals surface area (Å²) < 4.78 is 28.6. The molecule has 0 saturated carbocycles. The Bertz CT molecular complexity index is 480. The van der Waals surface area contributed by atoms with Crippen LogP contribution in [0.1, 0.15) is 52.4 Å². The van der Waals surface area contributed by atoms with E-state index in [1.54, 1.807) is 0 Å². The van der Waals surface area contributed by atoms with Crippen molar-refractivity contribution in [3.8, 4) is 0 Å². The summed E-state index contributed by atoms with van der Waals surface area (Å²) in [6.45, 7) is 4.31. The molecule has 1 rings (SSSR count). The maximum absolute atomic E-state index is 12.2. The first kappa shape index (κ1) is 21.0. The Labute approximate surface area is 138 Å².